The number of β-amino-alcohol motifs (C(OH)–C–C–N with tert-alkyl or cyclic N) is 1. The van der Waals surface area contributed by atoms with E-state index in [2.05, 4.69) is 18.7 Å². The SMILES string of the molecule is Cc1cccc(OCC(O)CN2CC(C)CC(C)C2)c1.Cl. The molecular formula is C17H28ClNO2. The minimum atomic E-state index is -0.423. The summed E-state index contributed by atoms with van der Waals surface area (Å²) in [5.74, 6) is 2.29. The molecule has 2 rings (SSSR count). The maximum Gasteiger partial charge on any atom is 0.119 e. The first-order valence-electron chi connectivity index (χ1n) is 7.63. The summed E-state index contributed by atoms with van der Waals surface area (Å²) < 4.78 is 5.67. The summed E-state index contributed by atoms with van der Waals surface area (Å²) in [5, 5.41) is 10.1. The summed E-state index contributed by atoms with van der Waals surface area (Å²) in [4.78, 5) is 2.36. The number of halogens is 1. The summed E-state index contributed by atoms with van der Waals surface area (Å²) in [5.41, 5.74) is 1.18. The average Bonchev–Trinajstić information content (AvgIpc) is 2.35. The number of rotatable bonds is 5. The molecule has 0 radical (unpaired) electrons. The van der Waals surface area contributed by atoms with Crippen LogP contribution in [0.5, 0.6) is 5.75 Å². The molecule has 0 aliphatic carbocycles. The summed E-state index contributed by atoms with van der Waals surface area (Å²) in [7, 11) is 0. The van der Waals surface area contributed by atoms with Gasteiger partial charge >= 0.3 is 0 Å². The van der Waals surface area contributed by atoms with Crippen molar-refractivity contribution in [3.05, 3.63) is 29.8 Å². The van der Waals surface area contributed by atoms with Gasteiger partial charge in [-0.3, -0.25) is 0 Å². The van der Waals surface area contributed by atoms with Crippen LogP contribution >= 0.6 is 12.4 Å². The van der Waals surface area contributed by atoms with Gasteiger partial charge in [-0.15, -0.1) is 12.4 Å². The third kappa shape index (κ3) is 6.25. The molecule has 1 fully saturated rings. The fourth-order valence-corrected chi connectivity index (χ4v) is 3.19. The van der Waals surface area contributed by atoms with Gasteiger partial charge in [0.2, 0.25) is 0 Å². The molecule has 120 valence electrons. The lowest BCUT2D eigenvalue weighted by atomic mass is 9.92. The second-order valence-corrected chi connectivity index (χ2v) is 6.45. The van der Waals surface area contributed by atoms with Crippen LogP contribution in [-0.2, 0) is 0 Å². The van der Waals surface area contributed by atoms with E-state index < -0.39 is 6.10 Å². The van der Waals surface area contributed by atoms with Crippen LogP contribution in [-0.4, -0.2) is 42.4 Å². The molecule has 1 aliphatic rings. The van der Waals surface area contributed by atoms with Crippen molar-refractivity contribution < 1.29 is 9.84 Å². The van der Waals surface area contributed by atoms with Crippen LogP contribution in [0.4, 0.5) is 0 Å². The first kappa shape index (κ1) is 18.3. The number of benzene rings is 1. The van der Waals surface area contributed by atoms with Crippen LogP contribution in [0.15, 0.2) is 24.3 Å². The lowest BCUT2D eigenvalue weighted by molar-refractivity contribution is 0.0429. The number of piperidine rings is 1. The second-order valence-electron chi connectivity index (χ2n) is 6.45. The fourth-order valence-electron chi connectivity index (χ4n) is 3.19. The Bertz CT molecular complexity index is 417. The molecule has 0 amide bonds. The number of nitrogens with zero attached hydrogens (tertiary/aromatic N) is 1. The van der Waals surface area contributed by atoms with E-state index in [1.165, 1.54) is 12.0 Å². The van der Waals surface area contributed by atoms with Crippen LogP contribution in [0.1, 0.15) is 25.8 Å². The van der Waals surface area contributed by atoms with Gasteiger partial charge in [-0.1, -0.05) is 26.0 Å². The van der Waals surface area contributed by atoms with Gasteiger partial charge < -0.3 is 14.7 Å². The first-order valence-corrected chi connectivity index (χ1v) is 7.63. The molecule has 3 unspecified atom stereocenters. The molecule has 0 aromatic heterocycles. The van der Waals surface area contributed by atoms with Crippen molar-refractivity contribution in [2.45, 2.75) is 33.3 Å². The number of aryl methyl sites for hydroxylation is 1. The Morgan fingerprint density at radius 3 is 2.57 bits per heavy atom. The average molecular weight is 314 g/mol. The predicted octanol–water partition coefficient (Wildman–Crippen LogP) is 3.13. The Morgan fingerprint density at radius 1 is 1.29 bits per heavy atom. The topological polar surface area (TPSA) is 32.7 Å². The maximum atomic E-state index is 10.1. The van der Waals surface area contributed by atoms with Gasteiger partial charge in [0, 0.05) is 19.6 Å². The van der Waals surface area contributed by atoms with Gasteiger partial charge in [0.05, 0.1) is 0 Å². The van der Waals surface area contributed by atoms with Gasteiger partial charge in [-0.25, -0.2) is 0 Å². The van der Waals surface area contributed by atoms with Crippen molar-refractivity contribution >= 4 is 12.4 Å². The number of ether oxygens (including phenoxy) is 1. The number of aliphatic hydroxyl groups excluding tert-OH is 1. The molecule has 3 atom stereocenters. The largest absolute Gasteiger partial charge is 0.491 e. The van der Waals surface area contributed by atoms with Crippen molar-refractivity contribution in [3.8, 4) is 5.75 Å². The zero-order valence-electron chi connectivity index (χ0n) is 13.3. The molecule has 1 aliphatic heterocycles. The standard InChI is InChI=1S/C17H27NO2.ClH/c1-13-5-4-6-17(8-13)20-12-16(19)11-18-9-14(2)7-15(3)10-18;/h4-6,8,14-16,19H,7,9-12H2,1-3H3;1H. The Kier molecular flexibility index (Phi) is 7.50. The summed E-state index contributed by atoms with van der Waals surface area (Å²) >= 11 is 0. The van der Waals surface area contributed by atoms with E-state index in [1.54, 1.807) is 0 Å². The molecule has 0 bridgehead atoms. The Balaban J connectivity index is 0.00000220. The monoisotopic (exact) mass is 313 g/mol. The van der Waals surface area contributed by atoms with E-state index in [1.807, 2.05) is 31.2 Å². The van der Waals surface area contributed by atoms with Crippen molar-refractivity contribution in [3.63, 3.8) is 0 Å². The number of aliphatic hydroxyl groups is 1. The van der Waals surface area contributed by atoms with Gasteiger partial charge in [0.15, 0.2) is 0 Å². The van der Waals surface area contributed by atoms with Crippen LogP contribution < -0.4 is 4.74 Å². The van der Waals surface area contributed by atoms with Gasteiger partial charge in [0.25, 0.3) is 0 Å². The number of hydrogen-bond donors (Lipinski definition) is 1. The van der Waals surface area contributed by atoms with E-state index >= 15 is 0 Å². The molecule has 1 heterocycles. The van der Waals surface area contributed by atoms with E-state index in [4.69, 9.17) is 4.74 Å². The van der Waals surface area contributed by atoms with Gasteiger partial charge in [-0.05, 0) is 42.9 Å². The Labute approximate surface area is 134 Å². The van der Waals surface area contributed by atoms with Crippen molar-refractivity contribution in [2.24, 2.45) is 11.8 Å². The predicted molar refractivity (Wildman–Crippen MR) is 89.3 cm³/mol. The number of likely N-dealkylation sites (tertiary alicyclic amines) is 1. The molecule has 1 aromatic carbocycles. The molecule has 1 saturated heterocycles. The fraction of sp³-hybridized carbons (Fsp3) is 0.647. The van der Waals surface area contributed by atoms with Crippen molar-refractivity contribution in [1.29, 1.82) is 0 Å². The van der Waals surface area contributed by atoms with Crippen LogP contribution in [0.25, 0.3) is 0 Å². The molecule has 0 saturated carbocycles. The second kappa shape index (κ2) is 8.62. The van der Waals surface area contributed by atoms with E-state index in [0.717, 1.165) is 30.7 Å². The highest BCUT2D eigenvalue weighted by atomic mass is 35.5. The molecule has 1 N–H and O–H groups in total. The summed E-state index contributed by atoms with van der Waals surface area (Å²) in [6.45, 7) is 9.87. The molecule has 1 aromatic rings. The molecular weight excluding hydrogens is 286 g/mol. The summed E-state index contributed by atoms with van der Waals surface area (Å²) in [6.07, 6.45) is 0.875. The zero-order chi connectivity index (χ0) is 14.5. The molecule has 3 nitrogen and oxygen atoms in total. The van der Waals surface area contributed by atoms with Gasteiger partial charge in [-0.2, -0.15) is 0 Å². The Morgan fingerprint density at radius 2 is 1.95 bits per heavy atom. The molecule has 4 heteroatoms. The maximum absolute atomic E-state index is 10.1. The van der Waals surface area contributed by atoms with E-state index in [0.29, 0.717) is 13.2 Å². The first-order chi connectivity index (χ1) is 9.52. The number of hydrogen-bond acceptors (Lipinski definition) is 3. The third-order valence-electron chi connectivity index (χ3n) is 3.85. The quantitative estimate of drug-likeness (QED) is 0.906. The lowest BCUT2D eigenvalue weighted by Gasteiger charge is -2.35. The van der Waals surface area contributed by atoms with Crippen LogP contribution in [0.2, 0.25) is 0 Å². The highest BCUT2D eigenvalue weighted by molar-refractivity contribution is 5.85. The lowest BCUT2D eigenvalue weighted by Crippen LogP contribution is -2.43. The van der Waals surface area contributed by atoms with Crippen molar-refractivity contribution in [1.82, 2.24) is 4.90 Å². The minimum Gasteiger partial charge on any atom is -0.491 e. The van der Waals surface area contributed by atoms with E-state index in [-0.39, 0.29) is 12.4 Å². The van der Waals surface area contributed by atoms with Crippen LogP contribution in [0.3, 0.4) is 0 Å². The normalized spacial score (nSPS) is 24.2. The van der Waals surface area contributed by atoms with Gasteiger partial charge in [0.1, 0.15) is 18.5 Å². The van der Waals surface area contributed by atoms with Crippen LogP contribution in [0, 0.1) is 18.8 Å². The van der Waals surface area contributed by atoms with Crippen molar-refractivity contribution in [2.75, 3.05) is 26.2 Å². The Hall–Kier alpha value is -0.770. The zero-order valence-corrected chi connectivity index (χ0v) is 14.1. The third-order valence-corrected chi connectivity index (χ3v) is 3.85. The molecule has 0 spiro atoms. The highest BCUT2D eigenvalue weighted by Gasteiger charge is 2.23. The highest BCUT2D eigenvalue weighted by Crippen LogP contribution is 2.21. The summed E-state index contributed by atoms with van der Waals surface area (Å²) in [6, 6.07) is 7.95. The minimum absolute atomic E-state index is 0. The smallest absolute Gasteiger partial charge is 0.119 e. The molecule has 21 heavy (non-hydrogen) atoms. The van der Waals surface area contributed by atoms with E-state index in [9.17, 15) is 5.11 Å².